The smallest absolute Gasteiger partial charge is 0.256 e. The van der Waals surface area contributed by atoms with E-state index in [0.717, 1.165) is 30.3 Å². The maximum atomic E-state index is 5.73. The number of hydrogen-bond donors (Lipinski definition) is 1. The molecular weight excluding hydrogens is 397 g/mol. The molecule has 7 nitrogen and oxygen atoms in total. The largest absolute Gasteiger partial charge is 0.370 e. The van der Waals surface area contributed by atoms with Gasteiger partial charge in [-0.05, 0) is 27.2 Å². The minimum absolute atomic E-state index is 0. The van der Waals surface area contributed by atoms with Gasteiger partial charge in [-0.15, -0.1) is 24.0 Å². The van der Waals surface area contributed by atoms with Gasteiger partial charge in [-0.3, -0.25) is 0 Å². The van der Waals surface area contributed by atoms with E-state index in [4.69, 9.17) is 9.26 Å². The molecule has 3 rings (SSSR count). The predicted molar refractivity (Wildman–Crippen MR) is 91.2 cm³/mol. The van der Waals surface area contributed by atoms with Crippen molar-refractivity contribution in [3.8, 4) is 0 Å². The van der Waals surface area contributed by atoms with Crippen LogP contribution in [-0.4, -0.2) is 33.3 Å². The number of anilines is 1. The second-order valence-electron chi connectivity index (χ2n) is 5.34. The number of ether oxygens (including phenoxy) is 1. The molecule has 2 aromatic rings. The minimum atomic E-state index is -0.136. The summed E-state index contributed by atoms with van der Waals surface area (Å²) in [6.45, 7) is 7.12. The molecular formula is C14H20IN5O2. The van der Waals surface area contributed by atoms with Crippen LogP contribution < -0.4 is 5.32 Å². The Bertz CT molecular complexity index is 613. The van der Waals surface area contributed by atoms with Gasteiger partial charge in [0.05, 0.1) is 0 Å². The molecule has 1 N–H and O–H groups in total. The lowest BCUT2D eigenvalue weighted by atomic mass is 10.0. The lowest BCUT2D eigenvalue weighted by Crippen LogP contribution is -2.19. The molecule has 120 valence electrons. The topological polar surface area (TPSA) is 86.0 Å². The summed E-state index contributed by atoms with van der Waals surface area (Å²) in [5.41, 5.74) is 0.955. The van der Waals surface area contributed by atoms with Crippen LogP contribution in [0.15, 0.2) is 10.6 Å². The Morgan fingerprint density at radius 2 is 2.00 bits per heavy atom. The van der Waals surface area contributed by atoms with Crippen molar-refractivity contribution in [2.45, 2.75) is 33.3 Å². The molecule has 2 atom stereocenters. The van der Waals surface area contributed by atoms with Gasteiger partial charge < -0.3 is 14.6 Å². The van der Waals surface area contributed by atoms with Crippen LogP contribution in [0.5, 0.6) is 0 Å². The van der Waals surface area contributed by atoms with Crippen molar-refractivity contribution in [2.24, 2.45) is 5.92 Å². The molecule has 0 aromatic carbocycles. The SMILES string of the molecule is Cc1cc(NC[C@@H]2CCO[C@@H]2c2nc(C)no2)nc(C)n1.I. The molecule has 1 fully saturated rings. The van der Waals surface area contributed by atoms with E-state index in [-0.39, 0.29) is 30.1 Å². The van der Waals surface area contributed by atoms with Crippen molar-refractivity contribution in [1.82, 2.24) is 20.1 Å². The highest BCUT2D eigenvalue weighted by Gasteiger charge is 2.33. The standard InChI is InChI=1S/C14H19N5O2.HI/c1-8-6-12(17-9(2)16-8)15-7-11-4-5-20-13(11)14-18-10(3)19-21-14;/h6,11,13H,4-5,7H2,1-3H3,(H,15,16,17);1H/t11-,13-;/m0./s1. The van der Waals surface area contributed by atoms with Gasteiger partial charge in [0.15, 0.2) is 5.82 Å². The highest BCUT2D eigenvalue weighted by Crippen LogP contribution is 2.33. The summed E-state index contributed by atoms with van der Waals surface area (Å²) in [7, 11) is 0. The normalized spacial score (nSPS) is 20.7. The summed E-state index contributed by atoms with van der Waals surface area (Å²) in [5.74, 6) is 3.10. The Balaban J connectivity index is 0.00000176. The van der Waals surface area contributed by atoms with E-state index in [1.807, 2.05) is 26.8 Å². The highest BCUT2D eigenvalue weighted by molar-refractivity contribution is 14.0. The number of aryl methyl sites for hydroxylation is 3. The second-order valence-corrected chi connectivity index (χ2v) is 5.34. The summed E-state index contributed by atoms with van der Waals surface area (Å²) < 4.78 is 11.0. The molecule has 0 saturated carbocycles. The summed E-state index contributed by atoms with van der Waals surface area (Å²) in [5, 5.41) is 7.18. The molecule has 0 unspecified atom stereocenters. The van der Waals surface area contributed by atoms with Crippen LogP contribution in [0.1, 0.15) is 35.8 Å². The first-order valence-electron chi connectivity index (χ1n) is 7.10. The maximum Gasteiger partial charge on any atom is 0.256 e. The monoisotopic (exact) mass is 417 g/mol. The zero-order valence-electron chi connectivity index (χ0n) is 12.9. The van der Waals surface area contributed by atoms with E-state index >= 15 is 0 Å². The summed E-state index contributed by atoms with van der Waals surface area (Å²) in [6, 6.07) is 1.94. The fourth-order valence-electron chi connectivity index (χ4n) is 2.59. The molecule has 0 radical (unpaired) electrons. The first-order valence-corrected chi connectivity index (χ1v) is 7.10. The van der Waals surface area contributed by atoms with E-state index in [1.165, 1.54) is 0 Å². The molecule has 0 aliphatic carbocycles. The molecule has 0 spiro atoms. The lowest BCUT2D eigenvalue weighted by molar-refractivity contribution is 0.0650. The van der Waals surface area contributed by atoms with E-state index in [9.17, 15) is 0 Å². The summed E-state index contributed by atoms with van der Waals surface area (Å²) >= 11 is 0. The average molecular weight is 417 g/mol. The fraction of sp³-hybridized carbons (Fsp3) is 0.571. The van der Waals surface area contributed by atoms with Crippen molar-refractivity contribution in [1.29, 1.82) is 0 Å². The van der Waals surface area contributed by atoms with Gasteiger partial charge in [-0.2, -0.15) is 4.98 Å². The van der Waals surface area contributed by atoms with Gasteiger partial charge in [0.2, 0.25) is 0 Å². The molecule has 22 heavy (non-hydrogen) atoms. The van der Waals surface area contributed by atoms with Crippen molar-refractivity contribution < 1.29 is 9.26 Å². The number of aromatic nitrogens is 4. The van der Waals surface area contributed by atoms with E-state index < -0.39 is 0 Å². The number of hydrogen-bond acceptors (Lipinski definition) is 7. The van der Waals surface area contributed by atoms with Crippen molar-refractivity contribution in [3.05, 3.63) is 29.3 Å². The minimum Gasteiger partial charge on any atom is -0.370 e. The van der Waals surface area contributed by atoms with Gasteiger partial charge in [0, 0.05) is 30.8 Å². The zero-order valence-corrected chi connectivity index (χ0v) is 15.2. The Kier molecular flexibility index (Phi) is 5.68. The van der Waals surface area contributed by atoms with E-state index in [1.54, 1.807) is 0 Å². The average Bonchev–Trinajstić information content (AvgIpc) is 3.03. The lowest BCUT2D eigenvalue weighted by Gasteiger charge is -2.16. The van der Waals surface area contributed by atoms with Crippen LogP contribution in [0.25, 0.3) is 0 Å². The summed E-state index contributed by atoms with van der Waals surface area (Å²) in [4.78, 5) is 12.9. The Labute approximate surface area is 146 Å². The maximum absolute atomic E-state index is 5.73. The van der Waals surface area contributed by atoms with E-state index in [2.05, 4.69) is 25.4 Å². The van der Waals surface area contributed by atoms with Crippen molar-refractivity contribution >= 4 is 29.8 Å². The molecule has 0 bridgehead atoms. The molecule has 0 amide bonds. The number of rotatable bonds is 4. The third-order valence-corrected chi connectivity index (χ3v) is 3.51. The molecule has 1 aliphatic rings. The molecule has 1 saturated heterocycles. The molecule has 1 aliphatic heterocycles. The quantitative estimate of drug-likeness (QED) is 0.766. The van der Waals surface area contributed by atoms with Crippen LogP contribution in [0, 0.1) is 26.7 Å². The Hall–Kier alpha value is -1.29. The van der Waals surface area contributed by atoms with Gasteiger partial charge in [-0.25, -0.2) is 9.97 Å². The van der Waals surface area contributed by atoms with Gasteiger partial charge >= 0.3 is 0 Å². The second kappa shape index (κ2) is 7.32. The zero-order chi connectivity index (χ0) is 14.8. The molecule has 8 heteroatoms. The summed E-state index contributed by atoms with van der Waals surface area (Å²) in [6.07, 6.45) is 0.824. The Morgan fingerprint density at radius 3 is 2.68 bits per heavy atom. The number of halogens is 1. The first-order chi connectivity index (χ1) is 10.1. The van der Waals surface area contributed by atoms with Crippen LogP contribution in [0.3, 0.4) is 0 Å². The third-order valence-electron chi connectivity index (χ3n) is 3.51. The van der Waals surface area contributed by atoms with Crippen LogP contribution in [0.2, 0.25) is 0 Å². The van der Waals surface area contributed by atoms with Crippen LogP contribution >= 0.6 is 24.0 Å². The highest BCUT2D eigenvalue weighted by atomic mass is 127. The van der Waals surface area contributed by atoms with E-state index in [0.29, 0.717) is 24.2 Å². The fourth-order valence-corrected chi connectivity index (χ4v) is 2.59. The Morgan fingerprint density at radius 1 is 1.18 bits per heavy atom. The predicted octanol–water partition coefficient (Wildman–Crippen LogP) is 2.59. The molecule has 2 aromatic heterocycles. The van der Waals surface area contributed by atoms with Crippen LogP contribution in [0.4, 0.5) is 5.82 Å². The number of nitrogens with one attached hydrogen (secondary N) is 1. The third kappa shape index (κ3) is 3.92. The van der Waals surface area contributed by atoms with Gasteiger partial charge in [-0.1, -0.05) is 5.16 Å². The van der Waals surface area contributed by atoms with Gasteiger partial charge in [0.1, 0.15) is 17.7 Å². The van der Waals surface area contributed by atoms with Gasteiger partial charge in [0.25, 0.3) is 5.89 Å². The van der Waals surface area contributed by atoms with Crippen LogP contribution in [-0.2, 0) is 4.74 Å². The molecule has 3 heterocycles. The number of nitrogens with zero attached hydrogens (tertiary/aromatic N) is 4. The first kappa shape index (κ1) is 17.1. The van der Waals surface area contributed by atoms with Crippen molar-refractivity contribution in [3.63, 3.8) is 0 Å². The van der Waals surface area contributed by atoms with Crippen molar-refractivity contribution in [2.75, 3.05) is 18.5 Å².